The zero-order valence-corrected chi connectivity index (χ0v) is 20.6. The van der Waals surface area contributed by atoms with Crippen molar-refractivity contribution < 1.29 is 23.6 Å². The fourth-order valence-electron chi connectivity index (χ4n) is 3.96. The summed E-state index contributed by atoms with van der Waals surface area (Å²) in [5.41, 5.74) is 1.07. The molecule has 0 spiro atoms. The quantitative estimate of drug-likeness (QED) is 0.254. The molecule has 0 atom stereocenters. The number of carbonyl (C=O) groups is 2. The van der Waals surface area contributed by atoms with Crippen molar-refractivity contribution in [3.05, 3.63) is 90.2 Å². The number of hydrogen-bond donors (Lipinski definition) is 2. The Bertz CT molecular complexity index is 1360. The molecule has 186 valence electrons. The minimum absolute atomic E-state index is 0.0455. The first kappa shape index (κ1) is 25.7. The van der Waals surface area contributed by atoms with Gasteiger partial charge in [-0.15, -0.1) is 0 Å². The summed E-state index contributed by atoms with van der Waals surface area (Å²) in [6.07, 6.45) is 2.88. The number of amides is 3. The number of halogens is 4. The molecule has 2 N–H and O–H groups in total. The van der Waals surface area contributed by atoms with Gasteiger partial charge in [-0.05, 0) is 56.0 Å². The number of ether oxygens (including phenoxy) is 1. The van der Waals surface area contributed by atoms with Gasteiger partial charge in [-0.25, -0.2) is 9.18 Å². The highest BCUT2D eigenvalue weighted by Gasteiger charge is 2.25. The zero-order chi connectivity index (χ0) is 26.0. The number of fused-ring (bicyclic) bond motifs is 1. The third-order valence-electron chi connectivity index (χ3n) is 5.55. The van der Waals surface area contributed by atoms with Crippen molar-refractivity contribution in [3.8, 4) is 11.5 Å². The van der Waals surface area contributed by atoms with Crippen molar-refractivity contribution in [3.63, 3.8) is 0 Å². The number of hydrogen-bond acceptors (Lipinski definition) is 5. The fraction of sp³-hybridized carbons (Fsp3) is 0.167. The van der Waals surface area contributed by atoms with Gasteiger partial charge in [0, 0.05) is 22.9 Å². The van der Waals surface area contributed by atoms with E-state index in [0.717, 1.165) is 24.5 Å². The Balaban J connectivity index is 1.52. The van der Waals surface area contributed by atoms with Crippen molar-refractivity contribution in [1.29, 1.82) is 0 Å². The van der Waals surface area contributed by atoms with Gasteiger partial charge in [0.25, 0.3) is 11.6 Å². The van der Waals surface area contributed by atoms with E-state index in [9.17, 15) is 24.1 Å². The van der Waals surface area contributed by atoms with Crippen LogP contribution in [0, 0.1) is 15.9 Å². The first-order valence-electron chi connectivity index (χ1n) is 10.7. The molecule has 1 aliphatic carbocycles. The topological polar surface area (TPSA) is 111 Å². The monoisotopic (exact) mass is 551 g/mol. The number of nitrogens with one attached hydrogen (secondary N) is 2. The molecule has 0 radical (unpaired) electrons. The van der Waals surface area contributed by atoms with Crippen LogP contribution in [0.2, 0.25) is 15.1 Å². The Morgan fingerprint density at radius 1 is 0.972 bits per heavy atom. The largest absolute Gasteiger partial charge is 0.454 e. The van der Waals surface area contributed by atoms with Crippen LogP contribution in [0.1, 0.15) is 34.3 Å². The second-order valence-corrected chi connectivity index (χ2v) is 9.10. The summed E-state index contributed by atoms with van der Waals surface area (Å²) in [5, 5.41) is 15.7. The van der Waals surface area contributed by atoms with E-state index in [1.54, 1.807) is 0 Å². The van der Waals surface area contributed by atoms with E-state index in [-0.39, 0.29) is 32.2 Å². The van der Waals surface area contributed by atoms with Crippen LogP contribution in [0.25, 0.3) is 0 Å². The van der Waals surface area contributed by atoms with Gasteiger partial charge in [0.2, 0.25) is 0 Å². The summed E-state index contributed by atoms with van der Waals surface area (Å²) in [6, 6.07) is 8.31. The molecule has 0 saturated heterocycles. The maximum absolute atomic E-state index is 13.9. The van der Waals surface area contributed by atoms with Crippen molar-refractivity contribution in [2.24, 2.45) is 0 Å². The van der Waals surface area contributed by atoms with Crippen LogP contribution < -0.4 is 15.4 Å². The molecule has 3 aromatic rings. The molecule has 4 rings (SSSR count). The summed E-state index contributed by atoms with van der Waals surface area (Å²) < 4.78 is 19.9. The number of urea groups is 1. The van der Waals surface area contributed by atoms with Gasteiger partial charge in [0.15, 0.2) is 5.75 Å². The van der Waals surface area contributed by atoms with Crippen LogP contribution in [-0.2, 0) is 12.8 Å². The van der Waals surface area contributed by atoms with E-state index in [0.29, 0.717) is 24.2 Å². The third-order valence-corrected chi connectivity index (χ3v) is 6.43. The Kier molecular flexibility index (Phi) is 7.63. The van der Waals surface area contributed by atoms with Gasteiger partial charge in [-0.1, -0.05) is 40.9 Å². The number of rotatable bonds is 5. The first-order chi connectivity index (χ1) is 17.2. The average molecular weight is 553 g/mol. The first-order valence-corrected chi connectivity index (χ1v) is 11.8. The fourth-order valence-corrected chi connectivity index (χ4v) is 4.78. The zero-order valence-electron chi connectivity index (χ0n) is 18.4. The summed E-state index contributed by atoms with van der Waals surface area (Å²) in [5.74, 6) is -1.41. The van der Waals surface area contributed by atoms with Gasteiger partial charge in [0.1, 0.15) is 11.6 Å². The Hall–Kier alpha value is -3.40. The Morgan fingerprint density at radius 3 is 2.28 bits per heavy atom. The average Bonchev–Trinajstić information content (AvgIpc) is 2.81. The van der Waals surface area contributed by atoms with Crippen LogP contribution >= 0.6 is 34.8 Å². The SMILES string of the molecule is O=C(NC(=O)c1c(F)cccc1Cl)Nc1cc(Cl)c(Oc2ccc([N+](=O)[O-])c3c2CCCC3)c(Cl)c1. The molecule has 8 nitrogen and oxygen atoms in total. The Morgan fingerprint density at radius 2 is 1.64 bits per heavy atom. The second-order valence-electron chi connectivity index (χ2n) is 7.88. The summed E-state index contributed by atoms with van der Waals surface area (Å²) in [4.78, 5) is 35.5. The number of carbonyl (C=O) groups excluding carboxylic acids is 2. The molecule has 36 heavy (non-hydrogen) atoms. The summed E-state index contributed by atoms with van der Waals surface area (Å²) in [7, 11) is 0. The van der Waals surface area contributed by atoms with E-state index in [1.165, 1.54) is 36.4 Å². The highest BCUT2D eigenvalue weighted by Crippen LogP contribution is 2.43. The van der Waals surface area contributed by atoms with Crippen LogP contribution in [0.15, 0.2) is 42.5 Å². The third kappa shape index (κ3) is 5.38. The normalized spacial score (nSPS) is 12.4. The molecule has 3 aromatic carbocycles. The number of nitro groups is 1. The predicted octanol–water partition coefficient (Wildman–Crippen LogP) is 7.33. The maximum atomic E-state index is 13.9. The van der Waals surface area contributed by atoms with E-state index in [2.05, 4.69) is 5.32 Å². The highest BCUT2D eigenvalue weighted by molar-refractivity contribution is 6.38. The van der Waals surface area contributed by atoms with E-state index in [4.69, 9.17) is 39.5 Å². The van der Waals surface area contributed by atoms with E-state index < -0.39 is 28.2 Å². The molecule has 0 aliphatic heterocycles. The predicted molar refractivity (Wildman–Crippen MR) is 134 cm³/mol. The molecule has 12 heteroatoms. The number of nitro benzene ring substituents is 1. The lowest BCUT2D eigenvalue weighted by Gasteiger charge is -2.20. The van der Waals surface area contributed by atoms with Crippen molar-refractivity contribution in [1.82, 2.24) is 5.32 Å². The minimum atomic E-state index is -1.03. The van der Waals surface area contributed by atoms with Gasteiger partial charge < -0.3 is 10.1 Å². The van der Waals surface area contributed by atoms with Gasteiger partial charge in [-0.3, -0.25) is 20.2 Å². The molecular formula is C24H17Cl3FN3O5. The molecule has 0 unspecified atom stereocenters. The van der Waals surface area contributed by atoms with E-state index >= 15 is 0 Å². The van der Waals surface area contributed by atoms with Crippen LogP contribution in [0.5, 0.6) is 11.5 Å². The van der Waals surface area contributed by atoms with Crippen molar-refractivity contribution in [2.75, 3.05) is 5.32 Å². The summed E-state index contributed by atoms with van der Waals surface area (Å²) >= 11 is 18.6. The van der Waals surface area contributed by atoms with Gasteiger partial charge in [-0.2, -0.15) is 0 Å². The number of imide groups is 1. The maximum Gasteiger partial charge on any atom is 0.326 e. The van der Waals surface area contributed by atoms with Crippen LogP contribution in [0.4, 0.5) is 20.6 Å². The smallest absolute Gasteiger partial charge is 0.326 e. The van der Waals surface area contributed by atoms with Crippen molar-refractivity contribution >= 4 is 58.1 Å². The molecule has 1 aliphatic rings. The molecule has 0 heterocycles. The standard InChI is InChI=1S/C24H17Cl3FN3O5/c25-15-6-3-7-18(28)21(15)23(32)30-24(33)29-12-10-16(26)22(17(27)11-12)36-20-9-8-19(31(34)35)13-4-1-2-5-14(13)20/h3,6-11H,1-2,4-5H2,(H2,29,30,32,33). The Labute approximate surface area is 219 Å². The molecule has 0 bridgehead atoms. The molecule has 0 aromatic heterocycles. The second kappa shape index (κ2) is 10.7. The highest BCUT2D eigenvalue weighted by atomic mass is 35.5. The van der Waals surface area contributed by atoms with E-state index in [1.807, 2.05) is 5.32 Å². The lowest BCUT2D eigenvalue weighted by atomic mass is 9.89. The molecule has 3 amide bonds. The number of anilines is 1. The van der Waals surface area contributed by atoms with Crippen LogP contribution in [0.3, 0.4) is 0 Å². The molecular weight excluding hydrogens is 536 g/mol. The number of benzene rings is 3. The van der Waals surface area contributed by atoms with Gasteiger partial charge in [0.05, 0.1) is 25.6 Å². The lowest BCUT2D eigenvalue weighted by molar-refractivity contribution is -0.385. The summed E-state index contributed by atoms with van der Waals surface area (Å²) in [6.45, 7) is 0. The molecule has 0 fully saturated rings. The lowest BCUT2D eigenvalue weighted by Crippen LogP contribution is -2.35. The number of nitrogens with zero attached hydrogens (tertiary/aromatic N) is 1. The van der Waals surface area contributed by atoms with Crippen molar-refractivity contribution in [2.45, 2.75) is 25.7 Å². The van der Waals surface area contributed by atoms with Gasteiger partial charge >= 0.3 is 6.03 Å². The minimum Gasteiger partial charge on any atom is -0.454 e. The van der Waals surface area contributed by atoms with Crippen LogP contribution in [-0.4, -0.2) is 16.9 Å². The molecule has 0 saturated carbocycles.